The number of fused-ring (bicyclic) bond motifs is 1. The summed E-state index contributed by atoms with van der Waals surface area (Å²) in [5.41, 5.74) is 0.379. The first-order valence-electron chi connectivity index (χ1n) is 14.2. The van der Waals surface area contributed by atoms with Crippen molar-refractivity contribution in [2.24, 2.45) is 11.3 Å². The zero-order valence-corrected chi connectivity index (χ0v) is 26.1. The summed E-state index contributed by atoms with van der Waals surface area (Å²) in [7, 11) is -3.33. The van der Waals surface area contributed by atoms with Gasteiger partial charge < -0.3 is 8.85 Å². The highest BCUT2D eigenvalue weighted by Gasteiger charge is 2.51. The Kier molecular flexibility index (Phi) is 10.2. The number of hydrogen-bond acceptors (Lipinski definition) is 2. The fourth-order valence-electron chi connectivity index (χ4n) is 6.19. The van der Waals surface area contributed by atoms with Gasteiger partial charge in [-0.3, -0.25) is 0 Å². The van der Waals surface area contributed by atoms with Crippen molar-refractivity contribution in [1.82, 2.24) is 0 Å². The molecule has 194 valence electrons. The van der Waals surface area contributed by atoms with Crippen LogP contribution in [0.2, 0.25) is 37.3 Å². The molecule has 2 aliphatic rings. The predicted molar refractivity (Wildman–Crippen MR) is 151 cm³/mol. The van der Waals surface area contributed by atoms with E-state index in [0.717, 1.165) is 12.3 Å². The fourth-order valence-corrected chi connectivity index (χ4v) is 10.4. The molecule has 0 aliphatic heterocycles. The third-order valence-electron chi connectivity index (χ3n) is 9.14. The van der Waals surface area contributed by atoms with Gasteiger partial charge in [-0.15, -0.1) is 0 Å². The van der Waals surface area contributed by atoms with Gasteiger partial charge in [0.15, 0.2) is 16.6 Å². The van der Waals surface area contributed by atoms with E-state index in [1.165, 1.54) is 70.3 Å². The van der Waals surface area contributed by atoms with E-state index in [2.05, 4.69) is 79.9 Å². The van der Waals surface area contributed by atoms with Crippen LogP contribution in [0, 0.1) is 11.3 Å². The molecular formula is C29H58O2Si2. The maximum atomic E-state index is 7.00. The van der Waals surface area contributed by atoms with Crippen molar-refractivity contribution in [1.29, 1.82) is 0 Å². The summed E-state index contributed by atoms with van der Waals surface area (Å²) in [5.74, 6) is 0.821. The minimum absolute atomic E-state index is 0.00361. The first-order chi connectivity index (χ1) is 15.2. The van der Waals surface area contributed by atoms with Crippen molar-refractivity contribution in [2.45, 2.75) is 161 Å². The summed E-state index contributed by atoms with van der Waals surface area (Å²) >= 11 is 0. The zero-order chi connectivity index (χ0) is 25.0. The van der Waals surface area contributed by atoms with Gasteiger partial charge in [-0.2, -0.15) is 0 Å². The largest absolute Gasteiger partial charge is 0.414 e. The molecule has 4 heteroatoms. The second-order valence-electron chi connectivity index (χ2n) is 13.9. The molecule has 2 fully saturated rings. The predicted octanol–water partition coefficient (Wildman–Crippen LogP) is 9.87. The number of hydrogen-bond donors (Lipinski definition) is 0. The summed E-state index contributed by atoms with van der Waals surface area (Å²) < 4.78 is 13.9. The highest BCUT2D eigenvalue weighted by molar-refractivity contribution is 6.74. The summed E-state index contributed by atoms with van der Waals surface area (Å²) in [6, 6.07) is 1.29. The van der Waals surface area contributed by atoms with Crippen molar-refractivity contribution in [3.8, 4) is 0 Å². The maximum Gasteiger partial charge on any atom is 0.192 e. The molecule has 2 aliphatic carbocycles. The second-order valence-corrected chi connectivity index (χ2v) is 22.9. The molecule has 33 heavy (non-hydrogen) atoms. The van der Waals surface area contributed by atoms with Crippen LogP contribution in [0.15, 0.2) is 12.2 Å². The lowest BCUT2D eigenvalue weighted by Gasteiger charge is -2.39. The molecule has 0 aromatic carbocycles. The molecule has 2 saturated carbocycles. The topological polar surface area (TPSA) is 18.5 Å². The van der Waals surface area contributed by atoms with Crippen LogP contribution < -0.4 is 0 Å². The average Bonchev–Trinajstić information content (AvgIpc) is 3.19. The van der Waals surface area contributed by atoms with E-state index in [-0.39, 0.29) is 5.60 Å². The molecule has 0 spiro atoms. The summed E-state index contributed by atoms with van der Waals surface area (Å²) in [6.07, 6.45) is 19.6. The van der Waals surface area contributed by atoms with Crippen molar-refractivity contribution in [2.75, 3.05) is 0 Å². The number of unbranched alkanes of at least 4 members (excludes halogenated alkanes) is 2. The van der Waals surface area contributed by atoms with Crippen LogP contribution in [0.1, 0.15) is 112 Å². The Morgan fingerprint density at radius 1 is 1.00 bits per heavy atom. The van der Waals surface area contributed by atoms with Gasteiger partial charge in [-0.05, 0) is 94.1 Å². The molecule has 0 heterocycles. The van der Waals surface area contributed by atoms with Gasteiger partial charge >= 0.3 is 0 Å². The van der Waals surface area contributed by atoms with Crippen LogP contribution in [-0.2, 0) is 8.85 Å². The van der Waals surface area contributed by atoms with E-state index in [0.29, 0.717) is 16.6 Å². The van der Waals surface area contributed by atoms with Gasteiger partial charge in [-0.1, -0.05) is 78.9 Å². The third kappa shape index (κ3) is 8.05. The van der Waals surface area contributed by atoms with Gasteiger partial charge in [0, 0.05) is 6.10 Å². The van der Waals surface area contributed by atoms with Crippen LogP contribution in [0.25, 0.3) is 0 Å². The first kappa shape index (κ1) is 29.3. The van der Waals surface area contributed by atoms with E-state index in [9.17, 15) is 0 Å². The molecule has 0 N–H and O–H groups in total. The minimum atomic E-state index is -1.70. The Bertz CT molecular complexity index is 636. The Balaban J connectivity index is 2.09. The Labute approximate surface area is 209 Å². The SMILES string of the molecule is CCCCC(C)(CC=CC12CCCC1CC(O[Si](C)(C)C(C)(C)C)C2)O[Si](C)(C)CCCC. The molecule has 0 amide bonds. The lowest BCUT2D eigenvalue weighted by Crippen LogP contribution is -2.43. The van der Waals surface area contributed by atoms with E-state index < -0.39 is 16.6 Å². The van der Waals surface area contributed by atoms with Crippen molar-refractivity contribution < 1.29 is 8.85 Å². The van der Waals surface area contributed by atoms with E-state index in [1.54, 1.807) is 0 Å². The third-order valence-corrected chi connectivity index (χ3v) is 16.3. The minimum Gasteiger partial charge on any atom is -0.414 e. The van der Waals surface area contributed by atoms with Crippen molar-refractivity contribution >= 4 is 16.6 Å². The second kappa shape index (κ2) is 11.4. The quantitative estimate of drug-likeness (QED) is 0.187. The van der Waals surface area contributed by atoms with Crippen LogP contribution in [0.3, 0.4) is 0 Å². The molecular weight excluding hydrogens is 436 g/mol. The molecule has 0 aromatic rings. The van der Waals surface area contributed by atoms with Gasteiger partial charge in [0.1, 0.15) is 0 Å². The van der Waals surface area contributed by atoms with Crippen molar-refractivity contribution in [3.63, 3.8) is 0 Å². The molecule has 2 rings (SSSR count). The monoisotopic (exact) mass is 494 g/mol. The van der Waals surface area contributed by atoms with Crippen LogP contribution in [0.4, 0.5) is 0 Å². The molecule has 0 radical (unpaired) electrons. The standard InChI is InChI=1S/C29H58O2Si2/c1-11-13-18-28(6,31-32(7,8)22-14-12-2)19-16-21-29-20-15-17-25(29)23-26(24-29)30-33(9,10)27(3,4)5/h16,21,25-26H,11-15,17-20,22-24H2,1-10H3. The Hall–Kier alpha value is 0.0938. The van der Waals surface area contributed by atoms with Gasteiger partial charge in [0.25, 0.3) is 0 Å². The van der Waals surface area contributed by atoms with E-state index in [1.807, 2.05) is 0 Å². The first-order valence-corrected chi connectivity index (χ1v) is 20.3. The zero-order valence-electron chi connectivity index (χ0n) is 24.1. The van der Waals surface area contributed by atoms with Crippen LogP contribution >= 0.6 is 0 Å². The van der Waals surface area contributed by atoms with E-state index in [4.69, 9.17) is 8.85 Å². The molecule has 2 nitrogen and oxygen atoms in total. The Morgan fingerprint density at radius 2 is 1.67 bits per heavy atom. The summed E-state index contributed by atoms with van der Waals surface area (Å²) in [6.45, 7) is 23.8. The summed E-state index contributed by atoms with van der Waals surface area (Å²) in [4.78, 5) is 0. The van der Waals surface area contributed by atoms with Gasteiger partial charge in [0.2, 0.25) is 0 Å². The Morgan fingerprint density at radius 3 is 2.27 bits per heavy atom. The highest BCUT2D eigenvalue weighted by atomic mass is 28.4. The molecule has 4 unspecified atom stereocenters. The van der Waals surface area contributed by atoms with Gasteiger partial charge in [0.05, 0.1) is 5.60 Å². The normalized spacial score (nSPS) is 28.4. The lowest BCUT2D eigenvalue weighted by molar-refractivity contribution is 0.0691. The van der Waals surface area contributed by atoms with E-state index >= 15 is 0 Å². The molecule has 0 aromatic heterocycles. The molecule has 4 atom stereocenters. The average molecular weight is 495 g/mol. The molecule has 0 saturated heterocycles. The lowest BCUT2D eigenvalue weighted by atomic mass is 9.79. The number of rotatable bonds is 13. The number of allylic oxidation sites excluding steroid dienone is 1. The summed E-state index contributed by atoms with van der Waals surface area (Å²) in [5, 5.41) is 0.292. The van der Waals surface area contributed by atoms with Crippen molar-refractivity contribution in [3.05, 3.63) is 12.2 Å². The van der Waals surface area contributed by atoms with Crippen LogP contribution in [-0.4, -0.2) is 28.3 Å². The smallest absolute Gasteiger partial charge is 0.192 e. The maximum absolute atomic E-state index is 7.00. The fraction of sp³-hybridized carbons (Fsp3) is 0.931. The van der Waals surface area contributed by atoms with Gasteiger partial charge in [-0.25, -0.2) is 0 Å². The molecule has 0 bridgehead atoms. The van der Waals surface area contributed by atoms with Crippen LogP contribution in [0.5, 0.6) is 0 Å². The highest BCUT2D eigenvalue weighted by Crippen LogP contribution is 2.57.